The van der Waals surface area contributed by atoms with E-state index >= 15 is 0 Å². The van der Waals surface area contributed by atoms with Gasteiger partial charge in [-0.15, -0.1) is 0 Å². The fraction of sp³-hybridized carbons (Fsp3) is 0.286. The first-order valence-corrected chi connectivity index (χ1v) is 7.56. The molecule has 0 saturated heterocycles. The maximum atomic E-state index is 12.3. The summed E-state index contributed by atoms with van der Waals surface area (Å²) in [6.45, 7) is 5.99. The molecule has 1 heterocycles. The molecule has 0 radical (unpaired) electrons. The molecule has 96 valence electrons. The zero-order valence-electron chi connectivity index (χ0n) is 10.8. The highest BCUT2D eigenvalue weighted by Gasteiger charge is 2.27. The van der Waals surface area contributed by atoms with E-state index < -0.39 is 7.60 Å². The Morgan fingerprint density at radius 2 is 1.89 bits per heavy atom. The Bertz CT molecular complexity index is 541. The molecule has 0 saturated carbocycles. The molecule has 2 rings (SSSR count). The van der Waals surface area contributed by atoms with Crippen molar-refractivity contribution in [3.05, 3.63) is 53.0 Å². The second-order valence-corrected chi connectivity index (χ2v) is 6.03. The molecule has 1 aliphatic rings. The third-order valence-electron chi connectivity index (χ3n) is 2.62. The monoisotopic (exact) mass is 264 g/mol. The highest BCUT2D eigenvalue weighted by Crippen LogP contribution is 2.56. The molecule has 18 heavy (non-hydrogen) atoms. The molecule has 1 aliphatic heterocycles. The number of hydrogen-bond acceptors (Lipinski definition) is 3. The van der Waals surface area contributed by atoms with Crippen molar-refractivity contribution in [3.8, 4) is 0 Å². The molecule has 0 aromatic heterocycles. The molecule has 4 heteroatoms. The topological polar surface area (TPSA) is 35.5 Å². The number of allylic oxidation sites excluding steroid dienone is 3. The fourth-order valence-electron chi connectivity index (χ4n) is 1.83. The van der Waals surface area contributed by atoms with E-state index in [2.05, 4.69) is 0 Å². The van der Waals surface area contributed by atoms with Crippen LogP contribution in [0, 0.1) is 6.92 Å². The Labute approximate surface area is 108 Å². The van der Waals surface area contributed by atoms with E-state index in [4.69, 9.17) is 9.05 Å². The Morgan fingerprint density at radius 3 is 2.50 bits per heavy atom. The van der Waals surface area contributed by atoms with Gasteiger partial charge in [-0.2, -0.15) is 0 Å². The maximum absolute atomic E-state index is 12.3. The standard InChI is InChI=1S/C14H17O3P/c1-4-16-18(15)10-14(9-12(3)17-18)13-7-5-11(2)6-8-13/h5-10H,4H2,1-3H3. The van der Waals surface area contributed by atoms with E-state index in [1.807, 2.05) is 37.3 Å². The van der Waals surface area contributed by atoms with Crippen molar-refractivity contribution in [3.63, 3.8) is 0 Å². The number of benzene rings is 1. The molecule has 0 N–H and O–H groups in total. The zero-order valence-corrected chi connectivity index (χ0v) is 11.7. The predicted molar refractivity (Wildman–Crippen MR) is 73.2 cm³/mol. The first-order valence-electron chi connectivity index (χ1n) is 5.94. The summed E-state index contributed by atoms with van der Waals surface area (Å²) < 4.78 is 22.9. The highest BCUT2D eigenvalue weighted by atomic mass is 31.2. The molecule has 1 aromatic carbocycles. The van der Waals surface area contributed by atoms with E-state index in [0.29, 0.717) is 12.4 Å². The van der Waals surface area contributed by atoms with Crippen LogP contribution in [0.25, 0.3) is 5.57 Å². The minimum absolute atomic E-state index is 0.363. The quantitative estimate of drug-likeness (QED) is 0.754. The van der Waals surface area contributed by atoms with Gasteiger partial charge in [0.05, 0.1) is 6.61 Å². The van der Waals surface area contributed by atoms with Crippen LogP contribution < -0.4 is 0 Å². The van der Waals surface area contributed by atoms with Crippen LogP contribution in [0.1, 0.15) is 25.0 Å². The Kier molecular flexibility index (Phi) is 3.74. The summed E-state index contributed by atoms with van der Waals surface area (Å²) in [4.78, 5) is 0. The van der Waals surface area contributed by atoms with Gasteiger partial charge in [0, 0.05) is 5.82 Å². The lowest BCUT2D eigenvalue weighted by Gasteiger charge is -2.21. The molecular weight excluding hydrogens is 247 g/mol. The van der Waals surface area contributed by atoms with Crippen LogP contribution in [0.5, 0.6) is 0 Å². The average molecular weight is 264 g/mol. The van der Waals surface area contributed by atoms with Crippen molar-refractivity contribution >= 4 is 13.2 Å². The molecule has 0 aliphatic carbocycles. The van der Waals surface area contributed by atoms with E-state index in [0.717, 1.165) is 11.1 Å². The second kappa shape index (κ2) is 5.13. The van der Waals surface area contributed by atoms with Crippen molar-refractivity contribution in [2.45, 2.75) is 20.8 Å². The van der Waals surface area contributed by atoms with Gasteiger partial charge in [-0.3, -0.25) is 4.52 Å². The fourth-order valence-corrected chi connectivity index (χ4v) is 3.39. The third-order valence-corrected chi connectivity index (χ3v) is 4.38. The van der Waals surface area contributed by atoms with Gasteiger partial charge in [-0.05, 0) is 38.0 Å². The first-order chi connectivity index (χ1) is 8.52. The van der Waals surface area contributed by atoms with Gasteiger partial charge >= 0.3 is 7.60 Å². The largest absolute Gasteiger partial charge is 0.426 e. The van der Waals surface area contributed by atoms with Gasteiger partial charge < -0.3 is 4.52 Å². The van der Waals surface area contributed by atoms with Gasteiger partial charge in [-0.25, -0.2) is 4.57 Å². The maximum Gasteiger partial charge on any atom is 0.403 e. The van der Waals surface area contributed by atoms with Crippen LogP contribution >= 0.6 is 7.60 Å². The third kappa shape index (κ3) is 2.92. The Morgan fingerprint density at radius 1 is 1.22 bits per heavy atom. The molecule has 0 amide bonds. The van der Waals surface area contributed by atoms with Gasteiger partial charge in [0.25, 0.3) is 0 Å². The Balaban J connectivity index is 2.39. The SMILES string of the molecule is CCOP1(=O)C=C(c2ccc(C)cc2)C=C(C)O1. The van der Waals surface area contributed by atoms with E-state index in [9.17, 15) is 4.57 Å². The summed E-state index contributed by atoms with van der Waals surface area (Å²) in [5, 5.41) is 0. The minimum Gasteiger partial charge on any atom is -0.426 e. The molecule has 1 aromatic rings. The summed E-state index contributed by atoms with van der Waals surface area (Å²) in [7, 11) is -3.13. The molecule has 1 atom stereocenters. The van der Waals surface area contributed by atoms with Crippen LogP contribution in [0.2, 0.25) is 0 Å². The predicted octanol–water partition coefficient (Wildman–Crippen LogP) is 4.50. The van der Waals surface area contributed by atoms with Crippen LogP contribution in [-0.4, -0.2) is 6.61 Å². The lowest BCUT2D eigenvalue weighted by molar-refractivity contribution is 0.258. The van der Waals surface area contributed by atoms with Crippen LogP contribution in [-0.2, 0) is 13.6 Å². The normalized spacial score (nSPS) is 23.1. The molecule has 0 fully saturated rings. The second-order valence-electron chi connectivity index (χ2n) is 4.25. The average Bonchev–Trinajstić information content (AvgIpc) is 2.28. The van der Waals surface area contributed by atoms with Crippen molar-refractivity contribution < 1.29 is 13.6 Å². The number of rotatable bonds is 3. The molecule has 0 bridgehead atoms. The Hall–Kier alpha value is -1.31. The number of hydrogen-bond donors (Lipinski definition) is 0. The summed E-state index contributed by atoms with van der Waals surface area (Å²) >= 11 is 0. The van der Waals surface area contributed by atoms with Crippen molar-refractivity contribution in [2.24, 2.45) is 0 Å². The summed E-state index contributed by atoms with van der Waals surface area (Å²) in [5.41, 5.74) is 3.10. The summed E-state index contributed by atoms with van der Waals surface area (Å²) in [5.74, 6) is 2.21. The van der Waals surface area contributed by atoms with Crippen LogP contribution in [0.4, 0.5) is 0 Å². The molecule has 1 unspecified atom stereocenters. The summed E-state index contributed by atoms with van der Waals surface area (Å²) in [6, 6.07) is 8.07. The van der Waals surface area contributed by atoms with Crippen LogP contribution in [0.15, 0.2) is 41.9 Å². The van der Waals surface area contributed by atoms with Crippen molar-refractivity contribution in [2.75, 3.05) is 6.61 Å². The van der Waals surface area contributed by atoms with Crippen molar-refractivity contribution in [1.29, 1.82) is 0 Å². The lowest BCUT2D eigenvalue weighted by atomic mass is 10.1. The minimum atomic E-state index is -3.13. The first kappa shape index (κ1) is 13.1. The lowest BCUT2D eigenvalue weighted by Crippen LogP contribution is -1.98. The van der Waals surface area contributed by atoms with Gasteiger partial charge in [0.15, 0.2) is 0 Å². The summed E-state index contributed by atoms with van der Waals surface area (Å²) in [6.07, 6.45) is 1.87. The van der Waals surface area contributed by atoms with Crippen molar-refractivity contribution in [1.82, 2.24) is 0 Å². The van der Waals surface area contributed by atoms with Gasteiger partial charge in [-0.1, -0.05) is 29.8 Å². The molecular formula is C14H17O3P. The molecule has 0 spiro atoms. The van der Waals surface area contributed by atoms with Gasteiger partial charge in [0.1, 0.15) is 5.76 Å². The van der Waals surface area contributed by atoms with Crippen LogP contribution in [0.3, 0.4) is 0 Å². The smallest absolute Gasteiger partial charge is 0.403 e. The highest BCUT2D eigenvalue weighted by molar-refractivity contribution is 7.57. The van der Waals surface area contributed by atoms with Gasteiger partial charge in [0.2, 0.25) is 0 Å². The van der Waals surface area contributed by atoms with E-state index in [-0.39, 0.29) is 0 Å². The van der Waals surface area contributed by atoms with E-state index in [1.54, 1.807) is 19.7 Å². The number of aryl methyl sites for hydroxylation is 1. The molecule has 3 nitrogen and oxygen atoms in total. The van der Waals surface area contributed by atoms with E-state index in [1.165, 1.54) is 5.56 Å². The zero-order chi connectivity index (χ0) is 13.2.